The Morgan fingerprint density at radius 1 is 1.42 bits per heavy atom. The molecule has 1 saturated carbocycles. The van der Waals surface area contributed by atoms with E-state index in [0.717, 1.165) is 38.9 Å². The van der Waals surface area contributed by atoms with Gasteiger partial charge in [0.25, 0.3) is 0 Å². The number of aliphatic hydroxyl groups is 1. The van der Waals surface area contributed by atoms with Crippen LogP contribution >= 0.6 is 12.2 Å². The topological polar surface area (TPSA) is 49.5 Å². The number of rotatable bonds is 4. The molecule has 1 aliphatic heterocycles. The molecule has 0 spiro atoms. The highest BCUT2D eigenvalue weighted by Crippen LogP contribution is 2.40. The summed E-state index contributed by atoms with van der Waals surface area (Å²) in [5.74, 6) is 0.475. The normalized spacial score (nSPS) is 32.9. The van der Waals surface area contributed by atoms with E-state index in [4.69, 9.17) is 18.0 Å². The number of nitrogens with two attached hydrogens (primary N) is 1. The summed E-state index contributed by atoms with van der Waals surface area (Å²) in [4.78, 5) is 3.10. The molecule has 2 unspecified atom stereocenters. The van der Waals surface area contributed by atoms with Crippen molar-refractivity contribution in [2.45, 2.75) is 58.0 Å². The van der Waals surface area contributed by atoms with Crippen LogP contribution in [-0.4, -0.2) is 40.2 Å². The third kappa shape index (κ3) is 3.47. The first-order valence-corrected chi connectivity index (χ1v) is 7.99. The van der Waals surface area contributed by atoms with Crippen LogP contribution < -0.4 is 5.73 Å². The van der Waals surface area contributed by atoms with E-state index in [1.165, 1.54) is 19.3 Å². The molecule has 0 aromatic rings. The molecule has 2 fully saturated rings. The maximum Gasteiger partial charge on any atom is 0.0784 e. The highest BCUT2D eigenvalue weighted by atomic mass is 32.1. The van der Waals surface area contributed by atoms with Crippen LogP contribution in [0.2, 0.25) is 0 Å². The number of hydrogen-bond acceptors (Lipinski definition) is 3. The Labute approximate surface area is 122 Å². The van der Waals surface area contributed by atoms with Crippen LogP contribution in [0.3, 0.4) is 0 Å². The van der Waals surface area contributed by atoms with E-state index < -0.39 is 0 Å². The zero-order chi connectivity index (χ0) is 14.1. The van der Waals surface area contributed by atoms with Crippen LogP contribution in [0.25, 0.3) is 0 Å². The molecule has 2 atom stereocenters. The molecule has 19 heavy (non-hydrogen) atoms. The fourth-order valence-corrected chi connectivity index (χ4v) is 3.51. The van der Waals surface area contributed by atoms with Gasteiger partial charge in [0.05, 0.1) is 10.6 Å². The number of thiocarbonyl (C=S) groups is 1. The quantitative estimate of drug-likeness (QED) is 0.778. The van der Waals surface area contributed by atoms with Crippen LogP contribution in [0.1, 0.15) is 52.4 Å². The molecule has 0 aromatic carbocycles. The van der Waals surface area contributed by atoms with Gasteiger partial charge in [-0.05, 0) is 32.2 Å². The maximum atomic E-state index is 10.7. The van der Waals surface area contributed by atoms with Gasteiger partial charge in [0.1, 0.15) is 0 Å². The molecule has 3 nitrogen and oxygen atoms in total. The van der Waals surface area contributed by atoms with Crippen molar-refractivity contribution < 1.29 is 5.11 Å². The van der Waals surface area contributed by atoms with Gasteiger partial charge in [-0.3, -0.25) is 0 Å². The van der Waals surface area contributed by atoms with E-state index in [1.54, 1.807) is 0 Å². The van der Waals surface area contributed by atoms with Crippen LogP contribution in [-0.2, 0) is 0 Å². The molecular formula is C15H28N2OS. The summed E-state index contributed by atoms with van der Waals surface area (Å²) in [5, 5.41) is 10.7. The highest BCUT2D eigenvalue weighted by molar-refractivity contribution is 7.80. The lowest BCUT2D eigenvalue weighted by atomic mass is 9.71. The predicted molar refractivity (Wildman–Crippen MR) is 83.1 cm³/mol. The Morgan fingerprint density at radius 3 is 2.84 bits per heavy atom. The van der Waals surface area contributed by atoms with Crippen molar-refractivity contribution in [3.63, 3.8) is 0 Å². The van der Waals surface area contributed by atoms with Crippen LogP contribution in [0, 0.1) is 11.3 Å². The molecular weight excluding hydrogens is 256 g/mol. The summed E-state index contributed by atoms with van der Waals surface area (Å²) in [7, 11) is 0. The summed E-state index contributed by atoms with van der Waals surface area (Å²) in [6.07, 6.45) is 6.61. The predicted octanol–water partition coefficient (Wildman–Crippen LogP) is 2.32. The minimum Gasteiger partial charge on any atom is -0.393 e. The van der Waals surface area contributed by atoms with Crippen molar-refractivity contribution in [1.82, 2.24) is 4.90 Å². The Hall–Kier alpha value is -0.190. The minimum absolute atomic E-state index is 0.0599. The summed E-state index contributed by atoms with van der Waals surface area (Å²) in [6.45, 7) is 7.34. The smallest absolute Gasteiger partial charge is 0.0784 e. The zero-order valence-corrected chi connectivity index (χ0v) is 13.1. The van der Waals surface area contributed by atoms with Gasteiger partial charge in [-0.1, -0.05) is 38.9 Å². The van der Waals surface area contributed by atoms with Crippen molar-refractivity contribution in [3.05, 3.63) is 0 Å². The Kier molecular flexibility index (Phi) is 4.53. The van der Waals surface area contributed by atoms with E-state index in [-0.39, 0.29) is 11.0 Å². The van der Waals surface area contributed by atoms with Gasteiger partial charge in [-0.2, -0.15) is 0 Å². The number of nitrogens with zero attached hydrogens (tertiary/aromatic N) is 1. The molecule has 2 rings (SSSR count). The first-order chi connectivity index (χ1) is 8.83. The molecule has 0 bridgehead atoms. The third-order valence-corrected chi connectivity index (χ3v) is 5.78. The SMILES string of the molecule is CC(C)(CCN1CCC2(O)CCCCC2C1)C(N)=S. The molecule has 4 heteroatoms. The average molecular weight is 284 g/mol. The largest absolute Gasteiger partial charge is 0.393 e. The highest BCUT2D eigenvalue weighted by Gasteiger charge is 2.42. The molecule has 1 aliphatic carbocycles. The molecule has 3 N–H and O–H groups in total. The van der Waals surface area contributed by atoms with Crippen molar-refractivity contribution in [3.8, 4) is 0 Å². The zero-order valence-electron chi connectivity index (χ0n) is 12.3. The van der Waals surface area contributed by atoms with Crippen molar-refractivity contribution >= 4 is 17.2 Å². The maximum absolute atomic E-state index is 10.7. The summed E-state index contributed by atoms with van der Waals surface area (Å²) in [6, 6.07) is 0. The second-order valence-corrected chi connectivity index (χ2v) is 7.53. The summed E-state index contributed by atoms with van der Waals surface area (Å²) >= 11 is 5.13. The summed E-state index contributed by atoms with van der Waals surface area (Å²) < 4.78 is 0. The second kappa shape index (κ2) is 5.66. The fraction of sp³-hybridized carbons (Fsp3) is 0.933. The number of fused-ring (bicyclic) bond motifs is 1. The first kappa shape index (κ1) is 15.2. The van der Waals surface area contributed by atoms with Gasteiger partial charge in [-0.15, -0.1) is 0 Å². The van der Waals surface area contributed by atoms with Gasteiger partial charge in [0.2, 0.25) is 0 Å². The molecule has 2 aliphatic rings. The lowest BCUT2D eigenvalue weighted by molar-refractivity contribution is -0.0958. The van der Waals surface area contributed by atoms with Gasteiger partial charge in [0.15, 0.2) is 0 Å². The van der Waals surface area contributed by atoms with E-state index in [9.17, 15) is 5.11 Å². The van der Waals surface area contributed by atoms with Gasteiger partial charge in [-0.25, -0.2) is 0 Å². The van der Waals surface area contributed by atoms with Crippen molar-refractivity contribution in [2.75, 3.05) is 19.6 Å². The monoisotopic (exact) mass is 284 g/mol. The van der Waals surface area contributed by atoms with E-state index >= 15 is 0 Å². The average Bonchev–Trinajstić information content (AvgIpc) is 2.36. The molecule has 0 amide bonds. The summed E-state index contributed by atoms with van der Waals surface area (Å²) in [5.41, 5.74) is 5.36. The van der Waals surface area contributed by atoms with Crippen LogP contribution in [0.5, 0.6) is 0 Å². The van der Waals surface area contributed by atoms with Crippen molar-refractivity contribution in [2.24, 2.45) is 17.1 Å². The first-order valence-electron chi connectivity index (χ1n) is 7.58. The molecule has 110 valence electrons. The minimum atomic E-state index is -0.368. The molecule has 0 radical (unpaired) electrons. The van der Waals surface area contributed by atoms with Crippen LogP contribution in [0.15, 0.2) is 0 Å². The van der Waals surface area contributed by atoms with Crippen LogP contribution in [0.4, 0.5) is 0 Å². The number of hydrogen-bond donors (Lipinski definition) is 2. The number of likely N-dealkylation sites (tertiary alicyclic amines) is 1. The third-order valence-electron chi connectivity index (χ3n) is 5.23. The molecule has 1 heterocycles. The van der Waals surface area contributed by atoms with E-state index in [0.29, 0.717) is 10.9 Å². The van der Waals surface area contributed by atoms with Crippen molar-refractivity contribution in [1.29, 1.82) is 0 Å². The number of piperidine rings is 1. The lowest BCUT2D eigenvalue weighted by Gasteiger charge is -2.47. The van der Waals surface area contributed by atoms with Gasteiger partial charge in [0, 0.05) is 24.4 Å². The Balaban J connectivity index is 1.86. The van der Waals surface area contributed by atoms with E-state index in [2.05, 4.69) is 18.7 Å². The molecule has 1 saturated heterocycles. The Morgan fingerprint density at radius 2 is 2.16 bits per heavy atom. The molecule has 0 aromatic heterocycles. The van der Waals surface area contributed by atoms with Gasteiger partial charge < -0.3 is 15.7 Å². The van der Waals surface area contributed by atoms with Gasteiger partial charge >= 0.3 is 0 Å². The van der Waals surface area contributed by atoms with E-state index in [1.807, 2.05) is 0 Å². The Bertz CT molecular complexity index is 345. The second-order valence-electron chi connectivity index (χ2n) is 7.10. The standard InChI is InChI=1S/C15H28N2OS/c1-14(2,13(16)19)7-9-17-10-8-15(18)6-4-3-5-12(15)11-17/h12,18H,3-11H2,1-2H3,(H2,16,19). The fourth-order valence-electron chi connectivity index (χ4n) is 3.40. The lowest BCUT2D eigenvalue weighted by Crippen LogP contribution is -2.53.